The number of hydrogen-bond acceptors (Lipinski definition) is 4. The Kier molecular flexibility index (Phi) is 5.30. The topological polar surface area (TPSA) is 47.0 Å². The maximum atomic E-state index is 5.60. The molecule has 0 amide bonds. The second-order valence-electron chi connectivity index (χ2n) is 4.08. The number of nitrogens with zero attached hydrogens (tertiary/aromatic N) is 2. The molecule has 4 nitrogen and oxygen atoms in total. The molecule has 0 saturated carbocycles. The van der Waals surface area contributed by atoms with Crippen LogP contribution in [0.1, 0.15) is 18.9 Å². The molecule has 1 aromatic carbocycles. The minimum atomic E-state index is 0.353. The van der Waals surface area contributed by atoms with Gasteiger partial charge >= 0.3 is 6.01 Å². The van der Waals surface area contributed by atoms with Gasteiger partial charge in [-0.05, 0) is 41.0 Å². The molecule has 0 fully saturated rings. The number of halogens is 1. The molecular formula is C14H16BrN3O. The maximum Gasteiger partial charge on any atom is 0.321 e. The highest BCUT2D eigenvalue weighted by molar-refractivity contribution is 9.10. The quantitative estimate of drug-likeness (QED) is 0.827. The number of nitrogens with one attached hydrogen (secondary N) is 1. The summed E-state index contributed by atoms with van der Waals surface area (Å²) in [5.74, 6) is 0.708. The summed E-state index contributed by atoms with van der Waals surface area (Å²) in [6, 6.07) is 7.97. The van der Waals surface area contributed by atoms with Crippen molar-refractivity contribution in [3.05, 3.63) is 46.7 Å². The lowest BCUT2D eigenvalue weighted by atomic mass is 10.3. The minimum absolute atomic E-state index is 0.353. The lowest BCUT2D eigenvalue weighted by molar-refractivity contribution is 0.438. The molecule has 0 saturated heterocycles. The van der Waals surface area contributed by atoms with E-state index < -0.39 is 0 Å². The van der Waals surface area contributed by atoms with Crippen molar-refractivity contribution in [2.24, 2.45) is 0 Å². The summed E-state index contributed by atoms with van der Waals surface area (Å²) >= 11 is 3.42. The van der Waals surface area contributed by atoms with Gasteiger partial charge in [0.05, 0.1) is 4.47 Å². The van der Waals surface area contributed by atoms with Gasteiger partial charge < -0.3 is 10.1 Å². The monoisotopic (exact) mass is 321 g/mol. The van der Waals surface area contributed by atoms with Gasteiger partial charge in [-0.3, -0.25) is 0 Å². The van der Waals surface area contributed by atoms with Gasteiger partial charge in [0, 0.05) is 24.5 Å². The lowest BCUT2D eigenvalue weighted by Gasteiger charge is -2.06. The van der Waals surface area contributed by atoms with Crippen molar-refractivity contribution >= 4 is 15.9 Å². The SMILES string of the molecule is CCCNCc1cnc(Oc2ccccc2Br)nc1. The van der Waals surface area contributed by atoms with Crippen LogP contribution < -0.4 is 10.1 Å². The third-order valence-corrected chi connectivity index (χ3v) is 3.13. The van der Waals surface area contributed by atoms with Crippen molar-refractivity contribution in [2.75, 3.05) is 6.54 Å². The second-order valence-corrected chi connectivity index (χ2v) is 4.94. The van der Waals surface area contributed by atoms with Gasteiger partial charge in [-0.15, -0.1) is 0 Å². The van der Waals surface area contributed by atoms with Gasteiger partial charge in [-0.25, -0.2) is 9.97 Å². The first-order chi connectivity index (χ1) is 9.29. The lowest BCUT2D eigenvalue weighted by Crippen LogP contribution is -2.14. The Bertz CT molecular complexity index is 516. The normalized spacial score (nSPS) is 10.4. The number of aromatic nitrogens is 2. The first-order valence-electron chi connectivity index (χ1n) is 6.23. The van der Waals surface area contributed by atoms with E-state index in [1.165, 1.54) is 0 Å². The van der Waals surface area contributed by atoms with Crippen molar-refractivity contribution in [3.63, 3.8) is 0 Å². The molecule has 2 rings (SSSR count). The molecule has 1 N–H and O–H groups in total. The maximum absolute atomic E-state index is 5.60. The van der Waals surface area contributed by atoms with E-state index >= 15 is 0 Å². The molecule has 0 spiro atoms. The van der Waals surface area contributed by atoms with Gasteiger partial charge in [0.1, 0.15) is 5.75 Å². The Balaban J connectivity index is 1.97. The number of hydrogen-bond donors (Lipinski definition) is 1. The van der Waals surface area contributed by atoms with Crippen LogP contribution in [0.2, 0.25) is 0 Å². The van der Waals surface area contributed by atoms with E-state index in [4.69, 9.17) is 4.74 Å². The Morgan fingerprint density at radius 1 is 1.21 bits per heavy atom. The molecule has 19 heavy (non-hydrogen) atoms. The van der Waals surface area contributed by atoms with E-state index in [1.807, 2.05) is 24.3 Å². The van der Waals surface area contributed by atoms with Gasteiger partial charge in [0.15, 0.2) is 0 Å². The number of para-hydroxylation sites is 1. The highest BCUT2D eigenvalue weighted by atomic mass is 79.9. The Hall–Kier alpha value is -1.46. The number of ether oxygens (including phenoxy) is 1. The van der Waals surface area contributed by atoms with Crippen molar-refractivity contribution in [1.29, 1.82) is 0 Å². The molecule has 0 radical (unpaired) electrons. The molecule has 1 heterocycles. The van der Waals surface area contributed by atoms with E-state index in [0.717, 1.165) is 29.5 Å². The Morgan fingerprint density at radius 2 is 1.95 bits per heavy atom. The first-order valence-corrected chi connectivity index (χ1v) is 7.03. The van der Waals surface area contributed by atoms with Crippen molar-refractivity contribution in [2.45, 2.75) is 19.9 Å². The van der Waals surface area contributed by atoms with E-state index in [9.17, 15) is 0 Å². The molecule has 0 aliphatic rings. The number of rotatable bonds is 6. The average Bonchev–Trinajstić information content (AvgIpc) is 2.44. The fourth-order valence-electron chi connectivity index (χ4n) is 1.52. The molecule has 0 aliphatic carbocycles. The van der Waals surface area contributed by atoms with E-state index in [2.05, 4.69) is 38.1 Å². The predicted octanol–water partition coefficient (Wildman–Crippen LogP) is 3.53. The van der Waals surface area contributed by atoms with Crippen LogP contribution in [0, 0.1) is 0 Å². The Morgan fingerprint density at radius 3 is 2.63 bits per heavy atom. The largest absolute Gasteiger partial charge is 0.423 e. The summed E-state index contributed by atoms with van der Waals surface area (Å²) in [7, 11) is 0. The summed E-state index contributed by atoms with van der Waals surface area (Å²) in [4.78, 5) is 8.40. The number of benzene rings is 1. The van der Waals surface area contributed by atoms with Gasteiger partial charge in [-0.1, -0.05) is 19.1 Å². The van der Waals surface area contributed by atoms with Gasteiger partial charge in [0.25, 0.3) is 0 Å². The minimum Gasteiger partial charge on any atom is -0.423 e. The summed E-state index contributed by atoms with van der Waals surface area (Å²) in [6.07, 6.45) is 4.67. The first kappa shape index (κ1) is 14.0. The van der Waals surface area contributed by atoms with Crippen LogP contribution in [0.3, 0.4) is 0 Å². The van der Waals surface area contributed by atoms with E-state index in [-0.39, 0.29) is 0 Å². The summed E-state index contributed by atoms with van der Waals surface area (Å²) in [6.45, 7) is 3.91. The summed E-state index contributed by atoms with van der Waals surface area (Å²) in [5.41, 5.74) is 1.05. The second kappa shape index (κ2) is 7.21. The third kappa shape index (κ3) is 4.29. The zero-order valence-corrected chi connectivity index (χ0v) is 12.4. The van der Waals surface area contributed by atoms with Crippen LogP contribution in [-0.2, 0) is 6.54 Å². The molecule has 0 unspecified atom stereocenters. The average molecular weight is 322 g/mol. The van der Waals surface area contributed by atoms with Crippen molar-refractivity contribution in [1.82, 2.24) is 15.3 Å². The van der Waals surface area contributed by atoms with Crippen LogP contribution >= 0.6 is 15.9 Å². The Labute approximate surface area is 121 Å². The fraction of sp³-hybridized carbons (Fsp3) is 0.286. The molecule has 0 aliphatic heterocycles. The van der Waals surface area contributed by atoms with Crippen LogP contribution in [0.25, 0.3) is 0 Å². The highest BCUT2D eigenvalue weighted by Gasteiger charge is 2.04. The smallest absolute Gasteiger partial charge is 0.321 e. The molecule has 100 valence electrons. The zero-order valence-electron chi connectivity index (χ0n) is 10.8. The summed E-state index contributed by atoms with van der Waals surface area (Å²) < 4.78 is 6.48. The van der Waals surface area contributed by atoms with Crippen molar-refractivity contribution < 1.29 is 4.74 Å². The van der Waals surface area contributed by atoms with Crippen molar-refractivity contribution in [3.8, 4) is 11.8 Å². The van der Waals surface area contributed by atoms with Crippen LogP contribution in [-0.4, -0.2) is 16.5 Å². The summed E-state index contributed by atoms with van der Waals surface area (Å²) in [5, 5.41) is 3.30. The van der Waals surface area contributed by atoms with Crippen LogP contribution in [0.15, 0.2) is 41.1 Å². The fourth-order valence-corrected chi connectivity index (χ4v) is 1.89. The highest BCUT2D eigenvalue weighted by Crippen LogP contribution is 2.27. The van der Waals surface area contributed by atoms with Gasteiger partial charge in [-0.2, -0.15) is 0 Å². The van der Waals surface area contributed by atoms with E-state index in [0.29, 0.717) is 11.8 Å². The third-order valence-electron chi connectivity index (χ3n) is 2.48. The standard InChI is InChI=1S/C14H16BrN3O/c1-2-7-16-8-11-9-17-14(18-10-11)19-13-6-4-3-5-12(13)15/h3-6,9-10,16H,2,7-8H2,1H3. The molecule has 0 bridgehead atoms. The van der Waals surface area contributed by atoms with Crippen LogP contribution in [0.5, 0.6) is 11.8 Å². The molecule has 0 atom stereocenters. The van der Waals surface area contributed by atoms with Gasteiger partial charge in [0.2, 0.25) is 0 Å². The van der Waals surface area contributed by atoms with E-state index in [1.54, 1.807) is 12.4 Å². The molecule has 1 aromatic heterocycles. The molecule has 2 aromatic rings. The zero-order chi connectivity index (χ0) is 13.5. The molecule has 5 heteroatoms. The van der Waals surface area contributed by atoms with Crippen LogP contribution in [0.4, 0.5) is 0 Å². The predicted molar refractivity (Wildman–Crippen MR) is 78.2 cm³/mol. The molecular weight excluding hydrogens is 306 g/mol.